The Morgan fingerprint density at radius 1 is 0.970 bits per heavy atom. The molecule has 1 heterocycles. The number of halogens is 2. The Labute approximate surface area is 210 Å². The van der Waals surface area contributed by atoms with Gasteiger partial charge in [0.25, 0.3) is 0 Å². The molecule has 1 atom stereocenters. The number of pyridine rings is 1. The number of rotatable bonds is 11. The number of aryl methyl sites for hydroxylation is 1. The van der Waals surface area contributed by atoms with E-state index in [-0.39, 0.29) is 47.7 Å². The molecule has 0 radical (unpaired) electrons. The van der Waals surface area contributed by atoms with Crippen LogP contribution in [0.4, 0.5) is 0 Å². The summed E-state index contributed by atoms with van der Waals surface area (Å²) in [7, 11) is 0. The van der Waals surface area contributed by atoms with Crippen LogP contribution in [0.3, 0.4) is 0 Å². The molecule has 5 nitrogen and oxygen atoms in total. The molecule has 0 aliphatic heterocycles. The highest BCUT2D eigenvalue weighted by molar-refractivity contribution is 7.59. The summed E-state index contributed by atoms with van der Waals surface area (Å²) in [5.41, 5.74) is 1.99. The number of aliphatic carboxylic acids is 1. The highest BCUT2D eigenvalue weighted by atomic mass is 35.5. The molecule has 174 valence electrons. The standard InChI is InChI=1S/C25H23Cl2NO4.H2S/c26-21-7-3-8-22(27)24(21)23(29)16-18(25(30)31)15-17-9-11-20(12-10-17)32-14-4-6-19-5-1-2-13-28-19;/h1-3,5,7-13,18H,4,6,14-16H2,(H,30,31);1H2/t18-;/m1./s1. The van der Waals surface area contributed by atoms with Crippen molar-refractivity contribution in [1.29, 1.82) is 0 Å². The highest BCUT2D eigenvalue weighted by Crippen LogP contribution is 2.27. The minimum absolute atomic E-state index is 0. The average molecular weight is 506 g/mol. The van der Waals surface area contributed by atoms with Crippen LogP contribution in [0.25, 0.3) is 0 Å². The van der Waals surface area contributed by atoms with Gasteiger partial charge in [0, 0.05) is 18.3 Å². The Balaban J connectivity index is 0.00000385. The number of hydrogen-bond acceptors (Lipinski definition) is 4. The van der Waals surface area contributed by atoms with Crippen molar-refractivity contribution < 1.29 is 19.4 Å². The van der Waals surface area contributed by atoms with Crippen LogP contribution in [0.1, 0.15) is 34.5 Å². The number of carbonyl (C=O) groups is 2. The first kappa shape index (κ1) is 26.7. The van der Waals surface area contributed by atoms with Crippen molar-refractivity contribution in [3.8, 4) is 5.75 Å². The van der Waals surface area contributed by atoms with Gasteiger partial charge in [-0.3, -0.25) is 14.6 Å². The lowest BCUT2D eigenvalue weighted by Crippen LogP contribution is -2.21. The number of aromatic nitrogens is 1. The summed E-state index contributed by atoms with van der Waals surface area (Å²) in [6, 6.07) is 17.8. The molecule has 3 rings (SSSR count). The van der Waals surface area contributed by atoms with E-state index in [4.69, 9.17) is 27.9 Å². The van der Waals surface area contributed by atoms with Crippen molar-refractivity contribution in [3.63, 3.8) is 0 Å². The topological polar surface area (TPSA) is 76.5 Å². The quantitative estimate of drug-likeness (QED) is 0.254. The minimum Gasteiger partial charge on any atom is -0.494 e. The summed E-state index contributed by atoms with van der Waals surface area (Å²) in [6.07, 6.45) is 3.47. The molecule has 1 aromatic heterocycles. The first-order valence-corrected chi connectivity index (χ1v) is 11.0. The fourth-order valence-corrected chi connectivity index (χ4v) is 3.94. The van der Waals surface area contributed by atoms with Crippen molar-refractivity contribution >= 4 is 48.5 Å². The normalized spacial score (nSPS) is 11.3. The van der Waals surface area contributed by atoms with Crippen LogP contribution in [0.2, 0.25) is 10.0 Å². The second kappa shape index (κ2) is 13.2. The second-order valence-corrected chi connectivity index (χ2v) is 8.19. The lowest BCUT2D eigenvalue weighted by Gasteiger charge is -2.14. The Bertz CT molecular complexity index is 1040. The lowest BCUT2D eigenvalue weighted by molar-refractivity contribution is -0.141. The van der Waals surface area contributed by atoms with E-state index in [9.17, 15) is 14.7 Å². The van der Waals surface area contributed by atoms with Gasteiger partial charge in [-0.05, 0) is 61.2 Å². The van der Waals surface area contributed by atoms with Gasteiger partial charge in [-0.15, -0.1) is 0 Å². The zero-order valence-electron chi connectivity index (χ0n) is 17.8. The Morgan fingerprint density at radius 2 is 1.67 bits per heavy atom. The van der Waals surface area contributed by atoms with Crippen molar-refractivity contribution in [1.82, 2.24) is 4.98 Å². The third kappa shape index (κ3) is 8.07. The van der Waals surface area contributed by atoms with Crippen molar-refractivity contribution in [2.45, 2.75) is 25.7 Å². The third-order valence-electron chi connectivity index (χ3n) is 5.00. The van der Waals surface area contributed by atoms with Crippen LogP contribution in [-0.4, -0.2) is 28.4 Å². The van der Waals surface area contributed by atoms with Crippen LogP contribution >= 0.6 is 36.7 Å². The molecule has 3 aromatic rings. The number of carboxylic acids is 1. The Morgan fingerprint density at radius 3 is 2.27 bits per heavy atom. The molecule has 0 unspecified atom stereocenters. The molecule has 0 bridgehead atoms. The number of ketones is 1. The maximum absolute atomic E-state index is 12.6. The van der Waals surface area contributed by atoms with E-state index in [2.05, 4.69) is 4.98 Å². The van der Waals surface area contributed by atoms with Gasteiger partial charge in [-0.2, -0.15) is 13.5 Å². The summed E-state index contributed by atoms with van der Waals surface area (Å²) in [4.78, 5) is 28.7. The van der Waals surface area contributed by atoms with Gasteiger partial charge in [0.05, 0.1) is 28.1 Å². The number of hydrogen-bond donors (Lipinski definition) is 1. The van der Waals surface area contributed by atoms with E-state index in [0.717, 1.165) is 24.1 Å². The molecule has 1 N–H and O–H groups in total. The predicted molar refractivity (Wildman–Crippen MR) is 135 cm³/mol. The van der Waals surface area contributed by atoms with Crippen molar-refractivity contribution in [2.75, 3.05) is 6.61 Å². The molecule has 33 heavy (non-hydrogen) atoms. The predicted octanol–water partition coefficient (Wildman–Crippen LogP) is 6.03. The van der Waals surface area contributed by atoms with E-state index in [0.29, 0.717) is 12.4 Å². The summed E-state index contributed by atoms with van der Waals surface area (Å²) < 4.78 is 5.76. The number of carbonyl (C=O) groups excluding carboxylic acids is 1. The molecule has 0 amide bonds. The van der Waals surface area contributed by atoms with Crippen LogP contribution < -0.4 is 4.74 Å². The van der Waals surface area contributed by atoms with Crippen molar-refractivity contribution in [2.24, 2.45) is 5.92 Å². The maximum atomic E-state index is 12.6. The fourth-order valence-electron chi connectivity index (χ4n) is 3.33. The number of ether oxygens (including phenoxy) is 1. The zero-order valence-corrected chi connectivity index (χ0v) is 20.4. The summed E-state index contributed by atoms with van der Waals surface area (Å²) in [5.74, 6) is -1.61. The third-order valence-corrected chi connectivity index (χ3v) is 5.63. The van der Waals surface area contributed by atoms with E-state index in [1.54, 1.807) is 24.4 Å². The minimum atomic E-state index is -1.05. The van der Waals surface area contributed by atoms with E-state index < -0.39 is 11.9 Å². The number of benzene rings is 2. The lowest BCUT2D eigenvalue weighted by atomic mass is 9.92. The number of nitrogens with zero attached hydrogens (tertiary/aromatic N) is 1. The molecular weight excluding hydrogens is 481 g/mol. The van der Waals surface area contributed by atoms with Gasteiger partial charge in [-0.25, -0.2) is 0 Å². The molecule has 0 saturated carbocycles. The van der Waals surface area contributed by atoms with Gasteiger partial charge in [0.2, 0.25) is 0 Å². The Hall–Kier alpha value is -2.54. The summed E-state index contributed by atoms with van der Waals surface area (Å²) >= 11 is 12.2. The van der Waals surface area contributed by atoms with Gasteiger partial charge in [0.1, 0.15) is 5.75 Å². The number of Topliss-reactive ketones (excluding diaryl/α,β-unsaturated/α-hetero) is 1. The van der Waals surface area contributed by atoms with E-state index >= 15 is 0 Å². The van der Waals surface area contributed by atoms with Crippen molar-refractivity contribution in [3.05, 3.63) is 93.7 Å². The Kier molecular flexibility index (Phi) is 10.7. The monoisotopic (exact) mass is 505 g/mol. The summed E-state index contributed by atoms with van der Waals surface area (Å²) in [6.45, 7) is 0.556. The molecule has 0 saturated heterocycles. The molecule has 2 aromatic carbocycles. The van der Waals surface area contributed by atoms with Gasteiger partial charge in [-0.1, -0.05) is 47.5 Å². The maximum Gasteiger partial charge on any atom is 0.307 e. The molecule has 0 aliphatic rings. The van der Waals surface area contributed by atoms with E-state index in [1.807, 2.05) is 42.5 Å². The smallest absolute Gasteiger partial charge is 0.307 e. The molecule has 0 fully saturated rings. The fraction of sp³-hybridized carbons (Fsp3) is 0.240. The van der Waals surface area contributed by atoms with Crippen LogP contribution in [0.15, 0.2) is 66.9 Å². The summed E-state index contributed by atoms with van der Waals surface area (Å²) in [5, 5.41) is 10.1. The van der Waals surface area contributed by atoms with Gasteiger partial charge < -0.3 is 9.84 Å². The van der Waals surface area contributed by atoms with E-state index in [1.165, 1.54) is 0 Å². The zero-order chi connectivity index (χ0) is 22.9. The van der Waals surface area contributed by atoms with Gasteiger partial charge >= 0.3 is 5.97 Å². The first-order chi connectivity index (χ1) is 15.4. The average Bonchev–Trinajstić information content (AvgIpc) is 2.78. The van der Waals surface area contributed by atoms with Crippen LogP contribution in [0.5, 0.6) is 5.75 Å². The first-order valence-electron chi connectivity index (χ1n) is 10.3. The van der Waals surface area contributed by atoms with Gasteiger partial charge in [0.15, 0.2) is 5.78 Å². The second-order valence-electron chi connectivity index (χ2n) is 7.38. The largest absolute Gasteiger partial charge is 0.494 e. The highest BCUT2D eigenvalue weighted by Gasteiger charge is 2.25. The molecule has 0 aliphatic carbocycles. The molecular formula is C25H25Cl2NO4S. The van der Waals surface area contributed by atoms with Crippen LogP contribution in [0, 0.1) is 5.92 Å². The van der Waals surface area contributed by atoms with Crippen LogP contribution in [-0.2, 0) is 17.6 Å². The molecule has 8 heteroatoms. The number of carboxylic acid groups (broad SMARTS) is 1. The molecule has 0 spiro atoms. The SMILES string of the molecule is O=C(C[C@@H](Cc1ccc(OCCCc2ccccn2)cc1)C(=O)O)c1c(Cl)cccc1Cl.S.